The van der Waals surface area contributed by atoms with E-state index in [4.69, 9.17) is 10.2 Å². The van der Waals surface area contributed by atoms with Gasteiger partial charge in [-0.05, 0) is 30.9 Å². The largest absolute Gasteiger partial charge is 0.455 e. The first-order valence-corrected chi connectivity index (χ1v) is 8.23. The number of nitrogens with one attached hydrogen (secondary N) is 2. The summed E-state index contributed by atoms with van der Waals surface area (Å²) in [6.45, 7) is 5.95. The molecule has 3 rings (SSSR count). The van der Waals surface area contributed by atoms with Crippen molar-refractivity contribution in [1.29, 1.82) is 0 Å². The van der Waals surface area contributed by atoms with Gasteiger partial charge < -0.3 is 15.5 Å². The maximum Gasteiger partial charge on any atom is 0.332 e. The summed E-state index contributed by atoms with van der Waals surface area (Å²) in [4.78, 5) is 27.6. The zero-order valence-corrected chi connectivity index (χ0v) is 14.9. The Morgan fingerprint density at radius 3 is 2.62 bits per heavy atom. The summed E-state index contributed by atoms with van der Waals surface area (Å²) in [6, 6.07) is 2.66. The molecular formula is C18H21N5O3. The van der Waals surface area contributed by atoms with Crippen molar-refractivity contribution in [2.24, 2.45) is 16.3 Å². The van der Waals surface area contributed by atoms with Crippen molar-refractivity contribution in [2.45, 2.75) is 33.6 Å². The van der Waals surface area contributed by atoms with Gasteiger partial charge >= 0.3 is 6.03 Å². The Kier molecular flexibility index (Phi) is 4.50. The number of pyridine rings is 1. The Bertz CT molecular complexity index is 884. The van der Waals surface area contributed by atoms with E-state index >= 15 is 0 Å². The summed E-state index contributed by atoms with van der Waals surface area (Å²) in [5.74, 6) is 0.572. The second-order valence-electron chi connectivity index (χ2n) is 7.10. The molecule has 0 spiro atoms. The zero-order valence-electron chi connectivity index (χ0n) is 14.9. The van der Waals surface area contributed by atoms with E-state index < -0.39 is 6.03 Å². The van der Waals surface area contributed by atoms with Crippen molar-refractivity contribution in [3.63, 3.8) is 0 Å². The fourth-order valence-electron chi connectivity index (χ4n) is 3.17. The average Bonchev–Trinajstić information content (AvgIpc) is 2.89. The molecule has 0 saturated heterocycles. The van der Waals surface area contributed by atoms with E-state index in [1.54, 1.807) is 24.5 Å². The zero-order chi connectivity index (χ0) is 18.9. The van der Waals surface area contributed by atoms with Gasteiger partial charge in [0.05, 0.1) is 5.71 Å². The molecule has 26 heavy (non-hydrogen) atoms. The first-order valence-electron chi connectivity index (χ1n) is 8.23. The second-order valence-corrected chi connectivity index (χ2v) is 7.10. The number of carbonyl (C=O) groups excluding carboxylic acids is 2. The van der Waals surface area contributed by atoms with Crippen LogP contribution in [0, 0.1) is 12.3 Å². The van der Waals surface area contributed by atoms with Crippen LogP contribution in [0.25, 0.3) is 0 Å². The van der Waals surface area contributed by atoms with Gasteiger partial charge in [0.15, 0.2) is 5.76 Å². The van der Waals surface area contributed by atoms with Crippen LogP contribution in [0.1, 0.15) is 47.7 Å². The predicted octanol–water partition coefficient (Wildman–Crippen LogP) is 2.58. The minimum Gasteiger partial charge on any atom is -0.455 e. The molecule has 2 heterocycles. The van der Waals surface area contributed by atoms with Gasteiger partial charge in [-0.25, -0.2) is 10.2 Å². The quantitative estimate of drug-likeness (QED) is 0.732. The summed E-state index contributed by atoms with van der Waals surface area (Å²) in [5.41, 5.74) is 10.0. The van der Waals surface area contributed by atoms with Gasteiger partial charge in [0.1, 0.15) is 5.76 Å². The third-order valence-corrected chi connectivity index (χ3v) is 4.24. The lowest BCUT2D eigenvalue weighted by molar-refractivity contribution is 0.0993. The number of primary amides is 1. The molecular weight excluding hydrogens is 334 g/mol. The maximum absolute atomic E-state index is 12.6. The highest BCUT2D eigenvalue weighted by molar-refractivity contribution is 6.09. The van der Waals surface area contributed by atoms with Crippen molar-refractivity contribution in [1.82, 2.24) is 10.4 Å². The number of amides is 3. The Morgan fingerprint density at radius 1 is 1.27 bits per heavy atom. The monoisotopic (exact) mass is 355 g/mol. The van der Waals surface area contributed by atoms with Crippen molar-refractivity contribution < 1.29 is 14.0 Å². The number of carbonyl (C=O) groups is 2. The molecule has 2 aromatic rings. The molecule has 8 heteroatoms. The van der Waals surface area contributed by atoms with Crippen molar-refractivity contribution in [2.75, 3.05) is 5.32 Å². The SMILES string of the molecule is Cc1c(C(=O)Nc2ccncc2)oc2c1/C(=N\NC(N)=O)CC(C)(C)C2. The topological polar surface area (TPSA) is 123 Å². The molecule has 0 aromatic carbocycles. The van der Waals surface area contributed by atoms with Crippen LogP contribution in [-0.4, -0.2) is 22.6 Å². The van der Waals surface area contributed by atoms with Crippen LogP contribution in [0.3, 0.4) is 0 Å². The number of nitrogens with zero attached hydrogens (tertiary/aromatic N) is 2. The maximum atomic E-state index is 12.6. The van der Waals surface area contributed by atoms with Crippen molar-refractivity contribution in [3.8, 4) is 0 Å². The van der Waals surface area contributed by atoms with Gasteiger partial charge in [0, 0.05) is 35.6 Å². The summed E-state index contributed by atoms with van der Waals surface area (Å²) >= 11 is 0. The molecule has 136 valence electrons. The Hall–Kier alpha value is -3.16. The molecule has 1 aliphatic rings. The molecule has 0 atom stereocenters. The van der Waals surface area contributed by atoms with E-state index in [1.807, 2.05) is 6.92 Å². The Morgan fingerprint density at radius 2 is 1.96 bits per heavy atom. The van der Waals surface area contributed by atoms with Gasteiger partial charge in [0.25, 0.3) is 5.91 Å². The number of hydrazone groups is 1. The summed E-state index contributed by atoms with van der Waals surface area (Å²) in [5, 5.41) is 6.92. The molecule has 1 aliphatic carbocycles. The fourth-order valence-corrected chi connectivity index (χ4v) is 3.17. The normalized spacial score (nSPS) is 16.8. The van der Waals surface area contributed by atoms with E-state index in [0.717, 1.165) is 5.56 Å². The minimum absolute atomic E-state index is 0.117. The van der Waals surface area contributed by atoms with Crippen molar-refractivity contribution >= 4 is 23.3 Å². The molecule has 4 N–H and O–H groups in total. The van der Waals surface area contributed by atoms with Crippen LogP contribution in [0.5, 0.6) is 0 Å². The number of aromatic nitrogens is 1. The first-order chi connectivity index (χ1) is 12.3. The summed E-state index contributed by atoms with van der Waals surface area (Å²) in [7, 11) is 0. The fraction of sp³-hybridized carbons (Fsp3) is 0.333. The Labute approximate surface area is 150 Å². The van der Waals surface area contributed by atoms with Gasteiger partial charge in [-0.3, -0.25) is 9.78 Å². The van der Waals surface area contributed by atoms with Crippen LogP contribution < -0.4 is 16.5 Å². The number of anilines is 1. The Balaban J connectivity index is 1.97. The van der Waals surface area contributed by atoms with Crippen molar-refractivity contribution in [3.05, 3.63) is 47.2 Å². The lowest BCUT2D eigenvalue weighted by atomic mass is 9.75. The molecule has 3 amide bonds. The standard InChI is InChI=1S/C18H21N5O3/c1-10-14-12(22-23-17(19)25)8-18(2,3)9-13(14)26-15(10)16(24)21-11-4-6-20-7-5-11/h4-7H,8-9H2,1-3H3,(H3,19,23,25)(H,20,21,24)/b22-12-. The van der Waals surface area contributed by atoms with Gasteiger partial charge in [0.2, 0.25) is 0 Å². The number of rotatable bonds is 3. The number of nitrogens with two attached hydrogens (primary N) is 1. The number of hydrogen-bond acceptors (Lipinski definition) is 5. The predicted molar refractivity (Wildman–Crippen MR) is 97.0 cm³/mol. The van der Waals surface area contributed by atoms with Crippen LogP contribution in [0.4, 0.5) is 10.5 Å². The van der Waals surface area contributed by atoms with Crippen LogP contribution >= 0.6 is 0 Å². The van der Waals surface area contributed by atoms with Crippen LogP contribution in [0.2, 0.25) is 0 Å². The van der Waals surface area contributed by atoms with Gasteiger partial charge in [-0.15, -0.1) is 0 Å². The first kappa shape index (κ1) is 17.7. The highest BCUT2D eigenvalue weighted by Gasteiger charge is 2.36. The summed E-state index contributed by atoms with van der Waals surface area (Å²) in [6.07, 6.45) is 4.49. The van der Waals surface area contributed by atoms with Crippen LogP contribution in [0.15, 0.2) is 34.0 Å². The molecule has 0 fully saturated rings. The van der Waals surface area contributed by atoms with E-state index in [0.29, 0.717) is 35.6 Å². The summed E-state index contributed by atoms with van der Waals surface area (Å²) < 4.78 is 5.89. The van der Waals surface area contributed by atoms with Crippen LogP contribution in [-0.2, 0) is 6.42 Å². The third-order valence-electron chi connectivity index (χ3n) is 4.24. The number of urea groups is 1. The smallest absolute Gasteiger partial charge is 0.332 e. The number of fused-ring (bicyclic) bond motifs is 1. The molecule has 0 saturated carbocycles. The number of furan rings is 1. The highest BCUT2D eigenvalue weighted by atomic mass is 16.4. The van der Waals surface area contributed by atoms with Gasteiger partial charge in [-0.1, -0.05) is 13.8 Å². The van der Waals surface area contributed by atoms with E-state index in [2.05, 4.69) is 34.7 Å². The molecule has 2 aromatic heterocycles. The average molecular weight is 355 g/mol. The minimum atomic E-state index is -0.737. The van der Waals surface area contributed by atoms with E-state index in [9.17, 15) is 9.59 Å². The van der Waals surface area contributed by atoms with Gasteiger partial charge in [-0.2, -0.15) is 5.10 Å². The molecule has 0 unspecified atom stereocenters. The second kappa shape index (κ2) is 6.62. The third kappa shape index (κ3) is 3.58. The molecule has 8 nitrogen and oxygen atoms in total. The molecule has 0 bridgehead atoms. The van der Waals surface area contributed by atoms with E-state index in [1.165, 1.54) is 0 Å². The van der Waals surface area contributed by atoms with E-state index in [-0.39, 0.29) is 17.1 Å². The molecule has 0 radical (unpaired) electrons. The lowest BCUT2D eigenvalue weighted by Gasteiger charge is -2.29. The molecule has 0 aliphatic heterocycles. The lowest BCUT2D eigenvalue weighted by Crippen LogP contribution is -2.31. The number of hydrogen-bond donors (Lipinski definition) is 3. The highest BCUT2D eigenvalue weighted by Crippen LogP contribution is 2.38.